The van der Waals surface area contributed by atoms with Crippen molar-refractivity contribution in [1.82, 2.24) is 15.0 Å². The number of hydrogen-bond donors (Lipinski definition) is 1. The summed E-state index contributed by atoms with van der Waals surface area (Å²) in [5.41, 5.74) is 0. The summed E-state index contributed by atoms with van der Waals surface area (Å²) in [7, 11) is 1.78. The van der Waals surface area contributed by atoms with Crippen molar-refractivity contribution in [2.75, 3.05) is 12.4 Å². The van der Waals surface area contributed by atoms with Crippen LogP contribution in [-0.2, 0) is 0 Å². The molecule has 0 atom stereocenters. The molecule has 1 aromatic heterocycles. The molecule has 1 aliphatic rings. The lowest BCUT2D eigenvalue weighted by Gasteiger charge is -2.19. The van der Waals surface area contributed by atoms with E-state index in [1.54, 1.807) is 18.8 Å². The average molecular weight is 259 g/mol. The molecular formula is C10H15ClN4S. The zero-order valence-corrected chi connectivity index (χ0v) is 10.8. The molecule has 1 heterocycles. The molecule has 0 unspecified atom stereocenters. The maximum absolute atomic E-state index is 5.83. The molecule has 0 saturated heterocycles. The molecule has 1 saturated carbocycles. The molecule has 0 bridgehead atoms. The van der Waals surface area contributed by atoms with E-state index in [4.69, 9.17) is 11.6 Å². The van der Waals surface area contributed by atoms with Crippen molar-refractivity contribution in [3.63, 3.8) is 0 Å². The van der Waals surface area contributed by atoms with Crippen molar-refractivity contribution in [3.05, 3.63) is 5.28 Å². The summed E-state index contributed by atoms with van der Waals surface area (Å²) in [5, 5.41) is 4.52. The molecule has 16 heavy (non-hydrogen) atoms. The van der Waals surface area contributed by atoms with Crippen LogP contribution in [0.5, 0.6) is 0 Å². The first-order valence-electron chi connectivity index (χ1n) is 5.54. The van der Waals surface area contributed by atoms with Gasteiger partial charge >= 0.3 is 0 Å². The predicted octanol–water partition coefficient (Wildman–Crippen LogP) is 2.99. The van der Waals surface area contributed by atoms with Crippen LogP contribution in [0.15, 0.2) is 5.16 Å². The standard InChI is InChI=1S/C10H15ClN4S/c1-12-9-13-8(11)14-10(15-9)16-7-5-3-2-4-6-7/h7H,2-6H2,1H3,(H,12,13,14,15). The van der Waals surface area contributed by atoms with Crippen LogP contribution in [0.1, 0.15) is 32.1 Å². The van der Waals surface area contributed by atoms with Gasteiger partial charge in [0.1, 0.15) is 0 Å². The Morgan fingerprint density at radius 1 is 1.19 bits per heavy atom. The lowest BCUT2D eigenvalue weighted by Crippen LogP contribution is -2.09. The first-order chi connectivity index (χ1) is 7.78. The fraction of sp³-hybridized carbons (Fsp3) is 0.700. The van der Waals surface area contributed by atoms with E-state index in [2.05, 4.69) is 20.3 Å². The molecule has 1 fully saturated rings. The largest absolute Gasteiger partial charge is 0.357 e. The summed E-state index contributed by atoms with van der Waals surface area (Å²) in [4.78, 5) is 12.4. The van der Waals surface area contributed by atoms with Gasteiger partial charge in [-0.2, -0.15) is 15.0 Å². The van der Waals surface area contributed by atoms with E-state index in [1.807, 2.05) is 0 Å². The van der Waals surface area contributed by atoms with Crippen molar-refractivity contribution in [1.29, 1.82) is 0 Å². The van der Waals surface area contributed by atoms with Crippen LogP contribution in [0.2, 0.25) is 5.28 Å². The summed E-state index contributed by atoms with van der Waals surface area (Å²) in [6.45, 7) is 0. The molecule has 6 heteroatoms. The molecule has 1 aliphatic carbocycles. The minimum absolute atomic E-state index is 0.262. The second kappa shape index (κ2) is 5.68. The smallest absolute Gasteiger partial charge is 0.228 e. The lowest BCUT2D eigenvalue weighted by molar-refractivity contribution is 0.515. The van der Waals surface area contributed by atoms with Crippen LogP contribution in [-0.4, -0.2) is 27.2 Å². The van der Waals surface area contributed by atoms with Crippen LogP contribution < -0.4 is 5.32 Å². The predicted molar refractivity (Wildman–Crippen MR) is 67.1 cm³/mol. The fourth-order valence-corrected chi connectivity index (χ4v) is 3.18. The van der Waals surface area contributed by atoms with Crippen LogP contribution in [0.3, 0.4) is 0 Å². The average Bonchev–Trinajstić information content (AvgIpc) is 2.29. The van der Waals surface area contributed by atoms with Gasteiger partial charge in [-0.15, -0.1) is 0 Å². The van der Waals surface area contributed by atoms with Crippen molar-refractivity contribution in [2.45, 2.75) is 42.5 Å². The highest BCUT2D eigenvalue weighted by Gasteiger charge is 2.16. The molecule has 88 valence electrons. The monoisotopic (exact) mass is 258 g/mol. The van der Waals surface area contributed by atoms with Crippen molar-refractivity contribution < 1.29 is 0 Å². The first kappa shape index (κ1) is 11.9. The summed E-state index contributed by atoms with van der Waals surface area (Å²) in [6, 6.07) is 0. The van der Waals surface area contributed by atoms with E-state index in [9.17, 15) is 0 Å². The Labute approximate surface area is 105 Å². The van der Waals surface area contributed by atoms with Crippen molar-refractivity contribution in [2.24, 2.45) is 0 Å². The minimum atomic E-state index is 0.262. The Hall–Kier alpha value is -0.550. The fourth-order valence-electron chi connectivity index (χ4n) is 1.83. The second-order valence-corrected chi connectivity index (χ2v) is 5.44. The Bertz CT molecular complexity index is 355. The van der Waals surface area contributed by atoms with Gasteiger partial charge < -0.3 is 5.32 Å². The van der Waals surface area contributed by atoms with Gasteiger partial charge in [0.2, 0.25) is 11.2 Å². The van der Waals surface area contributed by atoms with Gasteiger partial charge in [-0.1, -0.05) is 31.0 Å². The highest BCUT2D eigenvalue weighted by atomic mass is 35.5. The third kappa shape index (κ3) is 3.22. The number of hydrogen-bond acceptors (Lipinski definition) is 5. The molecule has 0 radical (unpaired) electrons. The van der Waals surface area contributed by atoms with E-state index in [-0.39, 0.29) is 5.28 Å². The molecule has 4 nitrogen and oxygen atoms in total. The topological polar surface area (TPSA) is 50.7 Å². The number of halogens is 1. The zero-order chi connectivity index (χ0) is 11.4. The number of nitrogens with one attached hydrogen (secondary N) is 1. The van der Waals surface area contributed by atoms with Gasteiger partial charge in [0, 0.05) is 12.3 Å². The maximum atomic E-state index is 5.83. The highest BCUT2D eigenvalue weighted by Crippen LogP contribution is 2.32. The Kier molecular flexibility index (Phi) is 4.23. The minimum Gasteiger partial charge on any atom is -0.357 e. The van der Waals surface area contributed by atoms with Gasteiger partial charge in [0.25, 0.3) is 0 Å². The number of anilines is 1. The Morgan fingerprint density at radius 2 is 1.94 bits per heavy atom. The molecule has 0 aromatic carbocycles. The quantitative estimate of drug-likeness (QED) is 0.903. The van der Waals surface area contributed by atoms with Crippen molar-refractivity contribution in [3.8, 4) is 0 Å². The van der Waals surface area contributed by atoms with Gasteiger partial charge in [0.15, 0.2) is 5.16 Å². The third-order valence-electron chi connectivity index (χ3n) is 2.64. The lowest BCUT2D eigenvalue weighted by atomic mass is 10.0. The normalized spacial score (nSPS) is 17.4. The van der Waals surface area contributed by atoms with Crippen LogP contribution >= 0.6 is 23.4 Å². The molecule has 1 aromatic rings. The first-order valence-corrected chi connectivity index (χ1v) is 6.79. The summed E-state index contributed by atoms with van der Waals surface area (Å²) in [5.74, 6) is 0.540. The molecule has 0 amide bonds. The zero-order valence-electron chi connectivity index (χ0n) is 9.24. The second-order valence-electron chi connectivity index (χ2n) is 3.84. The summed E-state index contributed by atoms with van der Waals surface area (Å²) >= 11 is 7.55. The molecule has 2 rings (SSSR count). The van der Waals surface area contributed by atoms with E-state index in [0.29, 0.717) is 11.2 Å². The maximum Gasteiger partial charge on any atom is 0.228 e. The van der Waals surface area contributed by atoms with Gasteiger partial charge in [-0.25, -0.2) is 0 Å². The van der Waals surface area contributed by atoms with E-state index in [0.717, 1.165) is 5.16 Å². The number of aromatic nitrogens is 3. The van der Waals surface area contributed by atoms with E-state index < -0.39 is 0 Å². The molecule has 0 spiro atoms. The van der Waals surface area contributed by atoms with Gasteiger partial charge in [-0.05, 0) is 24.4 Å². The van der Waals surface area contributed by atoms with Crippen LogP contribution in [0.4, 0.5) is 5.95 Å². The van der Waals surface area contributed by atoms with Gasteiger partial charge in [-0.3, -0.25) is 0 Å². The summed E-state index contributed by atoms with van der Waals surface area (Å²) in [6.07, 6.45) is 6.49. The Morgan fingerprint density at radius 3 is 2.62 bits per heavy atom. The van der Waals surface area contributed by atoms with Crippen LogP contribution in [0, 0.1) is 0 Å². The van der Waals surface area contributed by atoms with E-state index in [1.165, 1.54) is 32.1 Å². The summed E-state index contributed by atoms with van der Waals surface area (Å²) < 4.78 is 0. The van der Waals surface area contributed by atoms with Crippen molar-refractivity contribution >= 4 is 29.3 Å². The van der Waals surface area contributed by atoms with Crippen LogP contribution in [0.25, 0.3) is 0 Å². The number of nitrogens with zero attached hydrogens (tertiary/aromatic N) is 3. The third-order valence-corrected chi connectivity index (χ3v) is 4.00. The molecule has 0 aliphatic heterocycles. The SMILES string of the molecule is CNc1nc(Cl)nc(SC2CCCCC2)n1. The number of thioether (sulfide) groups is 1. The number of rotatable bonds is 3. The van der Waals surface area contributed by atoms with Gasteiger partial charge in [0.05, 0.1) is 0 Å². The Balaban J connectivity index is 2.04. The highest BCUT2D eigenvalue weighted by molar-refractivity contribution is 7.99. The molecular weight excluding hydrogens is 244 g/mol. The van der Waals surface area contributed by atoms with E-state index >= 15 is 0 Å². The molecule has 1 N–H and O–H groups in total.